The summed E-state index contributed by atoms with van der Waals surface area (Å²) in [6, 6.07) is -0.499. The molecule has 0 saturated carbocycles. The zero-order chi connectivity index (χ0) is 27.6. The number of carbonyl (C=O) groups is 3. The molecule has 3 N–H and O–H groups in total. The van der Waals surface area contributed by atoms with Crippen LogP contribution in [0.5, 0.6) is 0 Å². The van der Waals surface area contributed by atoms with Crippen molar-refractivity contribution in [2.24, 2.45) is 5.92 Å². The van der Waals surface area contributed by atoms with Gasteiger partial charge in [-0.05, 0) is 25.2 Å². The van der Waals surface area contributed by atoms with Crippen molar-refractivity contribution < 1.29 is 19.5 Å². The summed E-state index contributed by atoms with van der Waals surface area (Å²) >= 11 is 0. The predicted molar refractivity (Wildman–Crippen MR) is 155 cm³/mol. The molecule has 6 nitrogen and oxygen atoms in total. The summed E-state index contributed by atoms with van der Waals surface area (Å²) < 4.78 is 0. The molecule has 0 aliphatic carbocycles. The molecule has 1 atom stereocenters. The number of hydrogen-bond donors (Lipinski definition) is 3. The Labute approximate surface area is 228 Å². The third-order valence-corrected chi connectivity index (χ3v) is 7.14. The molecule has 0 unspecified atom stereocenters. The van der Waals surface area contributed by atoms with Crippen LogP contribution in [0.4, 0.5) is 0 Å². The molecule has 0 heterocycles. The Morgan fingerprint density at radius 2 is 1.00 bits per heavy atom. The Balaban J connectivity index is 3.66. The normalized spacial score (nSPS) is 12.0. The summed E-state index contributed by atoms with van der Waals surface area (Å²) in [4.78, 5) is 35.4. The second-order valence-corrected chi connectivity index (χ2v) is 11.2. The second kappa shape index (κ2) is 26.0. The van der Waals surface area contributed by atoms with Crippen LogP contribution in [0.3, 0.4) is 0 Å². The molecule has 0 saturated heterocycles. The van der Waals surface area contributed by atoms with E-state index in [9.17, 15) is 14.4 Å². The number of rotatable bonds is 27. The minimum Gasteiger partial charge on any atom is -0.481 e. The van der Waals surface area contributed by atoms with Crippen LogP contribution in [-0.2, 0) is 14.4 Å². The molecule has 0 aliphatic rings. The van der Waals surface area contributed by atoms with Crippen molar-refractivity contribution in [1.29, 1.82) is 0 Å². The highest BCUT2D eigenvalue weighted by atomic mass is 16.4. The van der Waals surface area contributed by atoms with Crippen molar-refractivity contribution in [3.8, 4) is 0 Å². The monoisotopic (exact) mass is 524 g/mol. The van der Waals surface area contributed by atoms with Crippen LogP contribution in [-0.4, -0.2) is 35.5 Å². The van der Waals surface area contributed by atoms with Gasteiger partial charge in [0.2, 0.25) is 11.8 Å². The number of carboxylic acid groups (broad SMARTS) is 1. The molecule has 0 aliphatic heterocycles. The van der Waals surface area contributed by atoms with Crippen molar-refractivity contribution in [2.45, 2.75) is 168 Å². The van der Waals surface area contributed by atoms with Crippen molar-refractivity contribution in [3.05, 3.63) is 0 Å². The van der Waals surface area contributed by atoms with Gasteiger partial charge in [-0.2, -0.15) is 0 Å². The lowest BCUT2D eigenvalue weighted by Crippen LogP contribution is -2.49. The van der Waals surface area contributed by atoms with Gasteiger partial charge in [-0.1, -0.05) is 130 Å². The summed E-state index contributed by atoms with van der Waals surface area (Å²) in [7, 11) is 0. The van der Waals surface area contributed by atoms with E-state index in [1.165, 1.54) is 89.9 Å². The SMILES string of the molecule is CCCCCCCCCCCCCCCCCCNC(=O)[C@@H](NC(=O)CCCCCCC(=O)O)C(C)C. The number of amides is 2. The van der Waals surface area contributed by atoms with E-state index in [-0.39, 0.29) is 24.2 Å². The van der Waals surface area contributed by atoms with E-state index in [0.717, 1.165) is 32.1 Å². The molecule has 0 bridgehead atoms. The quantitative estimate of drug-likeness (QED) is 0.0951. The molecule has 6 heteroatoms. The smallest absolute Gasteiger partial charge is 0.303 e. The maximum absolute atomic E-state index is 12.6. The van der Waals surface area contributed by atoms with E-state index in [4.69, 9.17) is 5.11 Å². The Morgan fingerprint density at radius 3 is 1.43 bits per heavy atom. The van der Waals surface area contributed by atoms with Crippen LogP contribution in [0.15, 0.2) is 0 Å². The van der Waals surface area contributed by atoms with Gasteiger partial charge >= 0.3 is 5.97 Å². The average Bonchev–Trinajstić information content (AvgIpc) is 2.86. The van der Waals surface area contributed by atoms with E-state index in [1.54, 1.807) is 0 Å². The molecule has 0 spiro atoms. The van der Waals surface area contributed by atoms with Crippen LogP contribution in [0.2, 0.25) is 0 Å². The number of unbranched alkanes of at least 4 members (excludes halogenated alkanes) is 18. The van der Waals surface area contributed by atoms with Gasteiger partial charge in [-0.3, -0.25) is 14.4 Å². The molecule has 0 rings (SSSR count). The van der Waals surface area contributed by atoms with E-state index in [1.807, 2.05) is 13.8 Å². The number of carbonyl (C=O) groups excluding carboxylic acids is 2. The summed E-state index contributed by atoms with van der Waals surface area (Å²) in [5.41, 5.74) is 0. The number of nitrogens with one attached hydrogen (secondary N) is 2. The minimum absolute atomic E-state index is 0.0327. The maximum atomic E-state index is 12.6. The summed E-state index contributed by atoms with van der Waals surface area (Å²) in [5.74, 6) is -0.936. The van der Waals surface area contributed by atoms with Gasteiger partial charge in [0.15, 0.2) is 0 Å². The second-order valence-electron chi connectivity index (χ2n) is 11.2. The summed E-state index contributed by atoms with van der Waals surface area (Å²) in [6.07, 6.45) is 24.9. The van der Waals surface area contributed by atoms with Crippen molar-refractivity contribution in [2.75, 3.05) is 6.54 Å². The first kappa shape index (κ1) is 35.4. The first-order valence-electron chi connectivity index (χ1n) is 15.7. The van der Waals surface area contributed by atoms with Gasteiger partial charge in [0.1, 0.15) is 6.04 Å². The molecule has 0 fully saturated rings. The molecule has 0 aromatic rings. The third-order valence-electron chi connectivity index (χ3n) is 7.14. The molecule has 0 aromatic heterocycles. The lowest BCUT2D eigenvalue weighted by atomic mass is 10.0. The highest BCUT2D eigenvalue weighted by Crippen LogP contribution is 2.14. The van der Waals surface area contributed by atoms with E-state index < -0.39 is 12.0 Å². The fraction of sp³-hybridized carbons (Fsp3) is 0.903. The molecular formula is C31H60N2O4. The van der Waals surface area contributed by atoms with Crippen molar-refractivity contribution in [1.82, 2.24) is 10.6 Å². The zero-order valence-electron chi connectivity index (χ0n) is 24.6. The Hall–Kier alpha value is -1.59. The van der Waals surface area contributed by atoms with Crippen LogP contribution >= 0.6 is 0 Å². The van der Waals surface area contributed by atoms with Crippen LogP contribution in [0.1, 0.15) is 162 Å². The molecule has 0 aromatic carbocycles. The average molecular weight is 525 g/mol. The van der Waals surface area contributed by atoms with Gasteiger partial charge in [0, 0.05) is 19.4 Å². The maximum Gasteiger partial charge on any atom is 0.303 e. The number of hydrogen-bond acceptors (Lipinski definition) is 3. The highest BCUT2D eigenvalue weighted by molar-refractivity contribution is 5.87. The third kappa shape index (κ3) is 24.5. The highest BCUT2D eigenvalue weighted by Gasteiger charge is 2.23. The lowest BCUT2D eigenvalue weighted by molar-refractivity contribution is -0.137. The Morgan fingerprint density at radius 1 is 0.595 bits per heavy atom. The van der Waals surface area contributed by atoms with Crippen molar-refractivity contribution >= 4 is 17.8 Å². The zero-order valence-corrected chi connectivity index (χ0v) is 24.6. The standard InChI is InChI=1S/C31H60N2O4/c1-4-5-6-7-8-9-10-11-12-13-14-15-16-17-20-23-26-32-31(37)30(27(2)3)33-28(34)24-21-18-19-22-25-29(35)36/h27,30H,4-26H2,1-3H3,(H,32,37)(H,33,34)(H,35,36)/t30-/m0/s1. The predicted octanol–water partition coefficient (Wildman–Crippen LogP) is 7.93. The van der Waals surface area contributed by atoms with Gasteiger partial charge in [0.05, 0.1) is 0 Å². The van der Waals surface area contributed by atoms with E-state index in [0.29, 0.717) is 19.4 Å². The number of carboxylic acids is 1. The molecular weight excluding hydrogens is 464 g/mol. The molecule has 2 amide bonds. The van der Waals surface area contributed by atoms with Crippen molar-refractivity contribution in [3.63, 3.8) is 0 Å². The fourth-order valence-corrected chi connectivity index (χ4v) is 4.69. The summed E-state index contributed by atoms with van der Waals surface area (Å²) in [5, 5.41) is 14.5. The van der Waals surface area contributed by atoms with Gasteiger partial charge in [-0.25, -0.2) is 0 Å². The van der Waals surface area contributed by atoms with E-state index in [2.05, 4.69) is 17.6 Å². The lowest BCUT2D eigenvalue weighted by Gasteiger charge is -2.21. The van der Waals surface area contributed by atoms with E-state index >= 15 is 0 Å². The summed E-state index contributed by atoms with van der Waals surface area (Å²) in [6.45, 7) is 6.84. The Kier molecular flexibility index (Phi) is 24.9. The van der Waals surface area contributed by atoms with Gasteiger partial charge < -0.3 is 15.7 Å². The first-order valence-corrected chi connectivity index (χ1v) is 15.7. The van der Waals surface area contributed by atoms with Gasteiger partial charge in [0.25, 0.3) is 0 Å². The molecule has 37 heavy (non-hydrogen) atoms. The molecule has 0 radical (unpaired) electrons. The van der Waals surface area contributed by atoms with Gasteiger partial charge in [-0.15, -0.1) is 0 Å². The molecule has 218 valence electrons. The van der Waals surface area contributed by atoms with Crippen LogP contribution < -0.4 is 10.6 Å². The topological polar surface area (TPSA) is 95.5 Å². The largest absolute Gasteiger partial charge is 0.481 e. The van der Waals surface area contributed by atoms with Crippen LogP contribution in [0.25, 0.3) is 0 Å². The fourth-order valence-electron chi connectivity index (χ4n) is 4.69. The minimum atomic E-state index is -0.775. The first-order chi connectivity index (χ1) is 17.9. The van der Waals surface area contributed by atoms with Crippen LogP contribution in [0, 0.1) is 5.92 Å². The Bertz CT molecular complexity index is 565. The number of aliphatic carboxylic acids is 1.